The van der Waals surface area contributed by atoms with Crippen molar-refractivity contribution in [3.8, 4) is 0 Å². The van der Waals surface area contributed by atoms with Gasteiger partial charge in [-0.25, -0.2) is 0 Å². The van der Waals surface area contributed by atoms with Gasteiger partial charge in [0, 0.05) is 11.6 Å². The van der Waals surface area contributed by atoms with Crippen molar-refractivity contribution in [3.63, 3.8) is 0 Å². The van der Waals surface area contributed by atoms with Gasteiger partial charge in [0.2, 0.25) is 0 Å². The van der Waals surface area contributed by atoms with Crippen LogP contribution in [0, 0.1) is 5.92 Å². The van der Waals surface area contributed by atoms with Crippen LogP contribution in [-0.4, -0.2) is 48.3 Å². The Morgan fingerprint density at radius 1 is 1.11 bits per heavy atom. The maximum Gasteiger partial charge on any atom is 0.0610 e. The van der Waals surface area contributed by atoms with Crippen LogP contribution in [0.15, 0.2) is 0 Å². The first-order valence-electron chi connectivity index (χ1n) is 7.86. The van der Waals surface area contributed by atoms with E-state index in [1.807, 2.05) is 0 Å². The second kappa shape index (κ2) is 9.73. The zero-order valence-corrected chi connectivity index (χ0v) is 14.0. The topological polar surface area (TPSA) is 35.5 Å². The van der Waals surface area contributed by atoms with Crippen molar-refractivity contribution in [2.75, 3.05) is 26.7 Å². The van der Waals surface area contributed by atoms with Gasteiger partial charge in [-0.05, 0) is 52.2 Å². The van der Waals surface area contributed by atoms with Gasteiger partial charge in [0.05, 0.1) is 6.61 Å². The summed E-state index contributed by atoms with van der Waals surface area (Å²) in [5.41, 5.74) is -0.120. The Morgan fingerprint density at radius 3 is 2.21 bits per heavy atom. The Bertz CT molecular complexity index is 219. The van der Waals surface area contributed by atoms with Gasteiger partial charge in [-0.3, -0.25) is 0 Å². The molecule has 0 rings (SSSR count). The Hall–Kier alpha value is -0.120. The zero-order valence-electron chi connectivity index (χ0n) is 14.0. The summed E-state index contributed by atoms with van der Waals surface area (Å²) in [5, 5.41) is 13.0. The monoisotopic (exact) mass is 272 g/mol. The highest BCUT2D eigenvalue weighted by atomic mass is 16.3. The van der Waals surface area contributed by atoms with Gasteiger partial charge in [0.15, 0.2) is 0 Å². The van der Waals surface area contributed by atoms with Crippen molar-refractivity contribution in [1.82, 2.24) is 10.2 Å². The van der Waals surface area contributed by atoms with Gasteiger partial charge < -0.3 is 15.3 Å². The van der Waals surface area contributed by atoms with Gasteiger partial charge in [-0.2, -0.15) is 0 Å². The molecule has 1 unspecified atom stereocenters. The SMILES string of the molecule is CC(C)CCN(C)CCCCC(C)(CO)NC(C)C. The molecule has 0 amide bonds. The lowest BCUT2D eigenvalue weighted by atomic mass is 9.94. The molecule has 0 fully saturated rings. The van der Waals surface area contributed by atoms with Gasteiger partial charge >= 0.3 is 0 Å². The van der Waals surface area contributed by atoms with Gasteiger partial charge in [-0.1, -0.05) is 34.1 Å². The smallest absolute Gasteiger partial charge is 0.0610 e. The average molecular weight is 272 g/mol. The molecule has 19 heavy (non-hydrogen) atoms. The molecule has 1 atom stereocenters. The van der Waals surface area contributed by atoms with Crippen LogP contribution in [0.2, 0.25) is 0 Å². The lowest BCUT2D eigenvalue weighted by Gasteiger charge is -2.31. The van der Waals surface area contributed by atoms with Crippen molar-refractivity contribution in [2.24, 2.45) is 5.92 Å². The van der Waals surface area contributed by atoms with Crippen LogP contribution in [0.5, 0.6) is 0 Å². The Kier molecular flexibility index (Phi) is 9.67. The van der Waals surface area contributed by atoms with Crippen LogP contribution < -0.4 is 5.32 Å². The first kappa shape index (κ1) is 18.9. The number of aliphatic hydroxyl groups is 1. The number of unbranched alkanes of at least 4 members (excludes halogenated alkanes) is 1. The molecule has 0 aromatic rings. The summed E-state index contributed by atoms with van der Waals surface area (Å²) in [4.78, 5) is 2.42. The number of hydrogen-bond acceptors (Lipinski definition) is 3. The molecule has 116 valence electrons. The molecular weight excluding hydrogens is 236 g/mol. The normalized spacial score (nSPS) is 15.5. The van der Waals surface area contributed by atoms with Crippen molar-refractivity contribution >= 4 is 0 Å². The minimum atomic E-state index is -0.120. The Morgan fingerprint density at radius 2 is 1.74 bits per heavy atom. The molecule has 0 saturated carbocycles. The molecule has 0 aromatic carbocycles. The number of nitrogens with one attached hydrogen (secondary N) is 1. The summed E-state index contributed by atoms with van der Waals surface area (Å²) in [6.07, 6.45) is 4.70. The number of aliphatic hydroxyl groups excluding tert-OH is 1. The van der Waals surface area contributed by atoms with E-state index in [1.54, 1.807) is 0 Å². The van der Waals surface area contributed by atoms with Crippen molar-refractivity contribution in [1.29, 1.82) is 0 Å². The Labute approximate surface area is 120 Å². The molecule has 0 aliphatic carbocycles. The minimum absolute atomic E-state index is 0.120. The van der Waals surface area contributed by atoms with E-state index in [0.29, 0.717) is 6.04 Å². The first-order chi connectivity index (χ1) is 8.79. The fraction of sp³-hybridized carbons (Fsp3) is 1.00. The fourth-order valence-electron chi connectivity index (χ4n) is 2.38. The van der Waals surface area contributed by atoms with Crippen LogP contribution in [0.1, 0.15) is 60.3 Å². The molecule has 2 N–H and O–H groups in total. The maximum absolute atomic E-state index is 9.52. The number of hydrogen-bond donors (Lipinski definition) is 2. The fourth-order valence-corrected chi connectivity index (χ4v) is 2.38. The number of nitrogens with zero attached hydrogens (tertiary/aromatic N) is 1. The zero-order chi connectivity index (χ0) is 14.9. The van der Waals surface area contributed by atoms with E-state index in [-0.39, 0.29) is 12.1 Å². The molecule has 0 aromatic heterocycles. The molecule has 0 heterocycles. The quantitative estimate of drug-likeness (QED) is 0.568. The molecule has 0 aliphatic heterocycles. The van der Waals surface area contributed by atoms with Gasteiger partial charge in [0.1, 0.15) is 0 Å². The summed E-state index contributed by atoms with van der Waals surface area (Å²) >= 11 is 0. The van der Waals surface area contributed by atoms with E-state index in [4.69, 9.17) is 0 Å². The molecule has 0 spiro atoms. The first-order valence-corrected chi connectivity index (χ1v) is 7.86. The van der Waals surface area contributed by atoms with Gasteiger partial charge in [0.25, 0.3) is 0 Å². The molecule has 3 heteroatoms. The third-order valence-corrected chi connectivity index (χ3v) is 3.59. The molecular formula is C16H36N2O. The lowest BCUT2D eigenvalue weighted by Crippen LogP contribution is -2.49. The van der Waals surface area contributed by atoms with E-state index in [0.717, 1.165) is 18.9 Å². The summed E-state index contributed by atoms with van der Waals surface area (Å²) in [6.45, 7) is 13.5. The molecule has 0 bridgehead atoms. The van der Waals surface area contributed by atoms with E-state index < -0.39 is 0 Å². The van der Waals surface area contributed by atoms with Crippen LogP contribution in [0.3, 0.4) is 0 Å². The third-order valence-electron chi connectivity index (χ3n) is 3.59. The summed E-state index contributed by atoms with van der Waals surface area (Å²) in [6, 6.07) is 0.422. The largest absolute Gasteiger partial charge is 0.394 e. The van der Waals surface area contributed by atoms with Crippen LogP contribution in [0.25, 0.3) is 0 Å². The van der Waals surface area contributed by atoms with Gasteiger partial charge in [-0.15, -0.1) is 0 Å². The third kappa shape index (κ3) is 10.3. The molecule has 0 radical (unpaired) electrons. The van der Waals surface area contributed by atoms with E-state index >= 15 is 0 Å². The van der Waals surface area contributed by atoms with Crippen molar-refractivity contribution < 1.29 is 5.11 Å². The van der Waals surface area contributed by atoms with Crippen LogP contribution in [0.4, 0.5) is 0 Å². The van der Waals surface area contributed by atoms with Crippen molar-refractivity contribution in [2.45, 2.75) is 71.9 Å². The highest BCUT2D eigenvalue weighted by Crippen LogP contribution is 2.14. The average Bonchev–Trinajstić information content (AvgIpc) is 2.31. The molecule has 0 aliphatic rings. The molecule has 0 saturated heterocycles. The Balaban J connectivity index is 3.76. The van der Waals surface area contributed by atoms with E-state index in [2.05, 4.69) is 51.9 Å². The molecule has 3 nitrogen and oxygen atoms in total. The second-order valence-corrected chi connectivity index (χ2v) is 6.96. The van der Waals surface area contributed by atoms with E-state index in [9.17, 15) is 5.11 Å². The second-order valence-electron chi connectivity index (χ2n) is 6.96. The highest BCUT2D eigenvalue weighted by molar-refractivity contribution is 4.83. The summed E-state index contributed by atoms with van der Waals surface area (Å²) in [7, 11) is 2.21. The number of rotatable bonds is 11. The predicted molar refractivity (Wildman–Crippen MR) is 84.6 cm³/mol. The lowest BCUT2D eigenvalue weighted by molar-refractivity contribution is 0.152. The van der Waals surface area contributed by atoms with Crippen molar-refractivity contribution in [3.05, 3.63) is 0 Å². The minimum Gasteiger partial charge on any atom is -0.394 e. The standard InChI is InChI=1S/C16H36N2O/c1-14(2)9-12-18(6)11-8-7-10-16(5,13-19)17-15(3)4/h14-15,17,19H,7-13H2,1-6H3. The maximum atomic E-state index is 9.52. The predicted octanol–water partition coefficient (Wildman–Crippen LogP) is 2.88. The summed E-state index contributed by atoms with van der Waals surface area (Å²) < 4.78 is 0. The highest BCUT2D eigenvalue weighted by Gasteiger charge is 2.22. The van der Waals surface area contributed by atoms with E-state index in [1.165, 1.54) is 25.8 Å². The van der Waals surface area contributed by atoms with Crippen LogP contribution >= 0.6 is 0 Å². The van der Waals surface area contributed by atoms with Crippen LogP contribution in [-0.2, 0) is 0 Å². The summed E-state index contributed by atoms with van der Waals surface area (Å²) in [5.74, 6) is 0.787.